The summed E-state index contributed by atoms with van der Waals surface area (Å²) in [6, 6.07) is 9.33. The van der Waals surface area contributed by atoms with Crippen molar-refractivity contribution in [1.82, 2.24) is 14.3 Å². The highest BCUT2D eigenvalue weighted by Gasteiger charge is 2.32. The molecule has 37 heavy (non-hydrogen) atoms. The number of amides is 1. The highest BCUT2D eigenvalue weighted by Crippen LogP contribution is 2.34. The van der Waals surface area contributed by atoms with Gasteiger partial charge in [-0.2, -0.15) is 0 Å². The number of hydrogen-bond donors (Lipinski definition) is 1. The number of hydrogen-bond acceptors (Lipinski definition) is 9. The minimum atomic E-state index is -0.274. The zero-order valence-corrected chi connectivity index (χ0v) is 22.7. The first-order chi connectivity index (χ1) is 17.9. The lowest BCUT2D eigenvalue weighted by Gasteiger charge is -2.15. The Kier molecular flexibility index (Phi) is 8.47. The number of carbonyl (C=O) groups excluding carboxylic acids is 1. The van der Waals surface area contributed by atoms with Crippen LogP contribution in [-0.4, -0.2) is 65.5 Å². The Labute approximate surface area is 224 Å². The molecule has 1 aromatic carbocycles. The number of ether oxygens (including phenoxy) is 3. The van der Waals surface area contributed by atoms with E-state index < -0.39 is 0 Å². The molecule has 1 saturated heterocycles. The van der Waals surface area contributed by atoms with Gasteiger partial charge in [-0.05, 0) is 48.7 Å². The van der Waals surface area contributed by atoms with E-state index in [0.717, 1.165) is 11.1 Å². The molecule has 1 N–H and O–H groups in total. The maximum Gasteiger partial charge on any atom is 0.267 e. The molecule has 194 valence electrons. The summed E-state index contributed by atoms with van der Waals surface area (Å²) in [6.45, 7) is 3.18. The minimum Gasteiger partial charge on any atom is -0.493 e. The summed E-state index contributed by atoms with van der Waals surface area (Å²) in [5, 5.41) is 3.17. The number of benzene rings is 1. The third-order valence-electron chi connectivity index (χ3n) is 5.90. The molecule has 3 heterocycles. The minimum absolute atomic E-state index is 0.243. The third kappa shape index (κ3) is 5.63. The van der Waals surface area contributed by atoms with Crippen LogP contribution in [0.3, 0.4) is 0 Å². The van der Waals surface area contributed by atoms with Gasteiger partial charge in [-0.15, -0.1) is 0 Å². The van der Waals surface area contributed by atoms with Crippen molar-refractivity contribution >= 4 is 51.7 Å². The Hall–Kier alpha value is -3.41. The third-order valence-corrected chi connectivity index (χ3v) is 7.28. The fourth-order valence-electron chi connectivity index (χ4n) is 3.95. The van der Waals surface area contributed by atoms with Crippen LogP contribution in [0.1, 0.15) is 16.7 Å². The van der Waals surface area contributed by atoms with Crippen LogP contribution in [0.2, 0.25) is 0 Å². The predicted molar refractivity (Wildman–Crippen MR) is 150 cm³/mol. The van der Waals surface area contributed by atoms with Crippen molar-refractivity contribution in [3.05, 3.63) is 68.5 Å². The normalized spacial score (nSPS) is 14.6. The van der Waals surface area contributed by atoms with E-state index in [4.69, 9.17) is 26.4 Å². The number of aryl methyl sites for hydroxylation is 1. The standard InChI is InChI=1S/C26H28N4O5S2/c1-16-6-5-11-29-23(16)28-22(27-10-13-33-2)18(24(29)31)15-21-25(32)30(26(36)37-21)12-9-17-7-8-19(34-3)20(14-17)35-4/h5-8,11,14-15,27H,9-10,12-13H2,1-4H3/b21-15-. The van der Waals surface area contributed by atoms with Gasteiger partial charge in [0.2, 0.25) is 0 Å². The molecule has 0 saturated carbocycles. The van der Waals surface area contributed by atoms with Gasteiger partial charge in [0.15, 0.2) is 11.5 Å². The number of nitrogens with zero attached hydrogens (tertiary/aromatic N) is 3. The lowest BCUT2D eigenvalue weighted by atomic mass is 10.1. The van der Waals surface area contributed by atoms with Crippen LogP contribution in [0.5, 0.6) is 11.5 Å². The number of carbonyl (C=O) groups is 1. The second kappa shape index (κ2) is 11.8. The fraction of sp³-hybridized carbons (Fsp3) is 0.308. The average molecular weight is 541 g/mol. The summed E-state index contributed by atoms with van der Waals surface area (Å²) in [5.74, 6) is 1.41. The van der Waals surface area contributed by atoms with Crippen LogP contribution < -0.4 is 20.3 Å². The molecule has 0 spiro atoms. The average Bonchev–Trinajstić information content (AvgIpc) is 3.17. The van der Waals surface area contributed by atoms with Crippen LogP contribution >= 0.6 is 24.0 Å². The monoisotopic (exact) mass is 540 g/mol. The summed E-state index contributed by atoms with van der Waals surface area (Å²) in [6.07, 6.45) is 3.82. The van der Waals surface area contributed by atoms with Crippen molar-refractivity contribution in [2.24, 2.45) is 0 Å². The van der Waals surface area contributed by atoms with E-state index in [1.54, 1.807) is 44.6 Å². The second-order valence-corrected chi connectivity index (χ2v) is 9.93. The molecule has 0 unspecified atom stereocenters. The van der Waals surface area contributed by atoms with Crippen LogP contribution in [0, 0.1) is 6.92 Å². The first-order valence-electron chi connectivity index (χ1n) is 11.6. The van der Waals surface area contributed by atoms with Crippen molar-refractivity contribution in [3.63, 3.8) is 0 Å². The first kappa shape index (κ1) is 26.6. The van der Waals surface area contributed by atoms with Gasteiger partial charge in [-0.3, -0.25) is 18.9 Å². The van der Waals surface area contributed by atoms with Gasteiger partial charge in [0.25, 0.3) is 11.5 Å². The van der Waals surface area contributed by atoms with Gasteiger partial charge < -0.3 is 19.5 Å². The number of aromatic nitrogens is 2. The zero-order valence-electron chi connectivity index (χ0n) is 21.1. The van der Waals surface area contributed by atoms with Crippen molar-refractivity contribution in [2.75, 3.05) is 46.3 Å². The Morgan fingerprint density at radius 2 is 1.92 bits per heavy atom. The molecule has 1 aliphatic heterocycles. The fourth-order valence-corrected chi connectivity index (χ4v) is 5.24. The molecule has 1 fully saturated rings. The summed E-state index contributed by atoms with van der Waals surface area (Å²) in [7, 11) is 4.77. The van der Waals surface area contributed by atoms with Crippen molar-refractivity contribution < 1.29 is 19.0 Å². The summed E-state index contributed by atoms with van der Waals surface area (Å²) >= 11 is 6.69. The topological polar surface area (TPSA) is 94.4 Å². The second-order valence-electron chi connectivity index (χ2n) is 8.26. The molecule has 9 nitrogen and oxygen atoms in total. The van der Waals surface area contributed by atoms with Crippen LogP contribution in [0.25, 0.3) is 11.7 Å². The lowest BCUT2D eigenvalue weighted by molar-refractivity contribution is -0.122. The number of thioether (sulfide) groups is 1. The first-order valence-corrected chi connectivity index (χ1v) is 12.8. The summed E-state index contributed by atoms with van der Waals surface area (Å²) < 4.78 is 17.7. The van der Waals surface area contributed by atoms with Gasteiger partial charge in [0.05, 0.1) is 31.3 Å². The SMILES string of the molecule is COCCNc1nc2c(C)cccn2c(=O)c1/C=C1\SC(=S)N(CCc2ccc(OC)c(OC)c2)C1=O. The molecule has 2 aromatic heterocycles. The predicted octanol–water partition coefficient (Wildman–Crippen LogP) is 3.52. The summed E-state index contributed by atoms with van der Waals surface area (Å²) in [4.78, 5) is 33.3. The number of nitrogens with one attached hydrogen (secondary N) is 1. The van der Waals surface area contributed by atoms with Gasteiger partial charge in [-0.1, -0.05) is 36.1 Å². The van der Waals surface area contributed by atoms with Crippen LogP contribution in [-0.2, 0) is 16.0 Å². The van der Waals surface area contributed by atoms with Gasteiger partial charge in [0, 0.05) is 26.4 Å². The van der Waals surface area contributed by atoms with E-state index in [1.165, 1.54) is 16.2 Å². The highest BCUT2D eigenvalue weighted by atomic mass is 32.2. The molecule has 1 amide bonds. The molecular formula is C26H28N4O5S2. The van der Waals surface area contributed by atoms with Crippen LogP contribution in [0.15, 0.2) is 46.2 Å². The Balaban J connectivity index is 1.62. The van der Waals surface area contributed by atoms with Crippen molar-refractivity contribution in [3.8, 4) is 11.5 Å². The smallest absolute Gasteiger partial charge is 0.267 e. The molecule has 3 aromatic rings. The van der Waals surface area contributed by atoms with E-state index in [2.05, 4.69) is 10.3 Å². The van der Waals surface area contributed by atoms with Gasteiger partial charge in [-0.25, -0.2) is 4.98 Å². The van der Waals surface area contributed by atoms with E-state index in [0.29, 0.717) is 63.9 Å². The maximum atomic E-state index is 13.4. The van der Waals surface area contributed by atoms with Gasteiger partial charge in [0.1, 0.15) is 15.8 Å². The number of rotatable bonds is 10. The van der Waals surface area contributed by atoms with E-state index in [1.807, 2.05) is 31.2 Å². The molecule has 0 radical (unpaired) electrons. The van der Waals surface area contributed by atoms with Crippen molar-refractivity contribution in [1.29, 1.82) is 0 Å². The molecule has 0 atom stereocenters. The molecular weight excluding hydrogens is 512 g/mol. The molecule has 1 aliphatic rings. The number of fused-ring (bicyclic) bond motifs is 1. The van der Waals surface area contributed by atoms with E-state index in [9.17, 15) is 9.59 Å². The number of pyridine rings is 1. The molecule has 11 heteroatoms. The zero-order chi connectivity index (χ0) is 26.5. The quantitative estimate of drug-likeness (QED) is 0.235. The Morgan fingerprint density at radius 3 is 2.65 bits per heavy atom. The Bertz CT molecular complexity index is 1440. The van der Waals surface area contributed by atoms with Crippen LogP contribution in [0.4, 0.5) is 5.82 Å². The highest BCUT2D eigenvalue weighted by molar-refractivity contribution is 8.26. The molecule has 0 aliphatic carbocycles. The number of anilines is 1. The molecule has 4 rings (SSSR count). The number of methoxy groups -OCH3 is 3. The lowest BCUT2D eigenvalue weighted by Crippen LogP contribution is -2.30. The maximum absolute atomic E-state index is 13.4. The molecule has 0 bridgehead atoms. The number of thiocarbonyl (C=S) groups is 1. The van der Waals surface area contributed by atoms with E-state index in [-0.39, 0.29) is 11.5 Å². The van der Waals surface area contributed by atoms with Crippen molar-refractivity contribution in [2.45, 2.75) is 13.3 Å². The summed E-state index contributed by atoms with van der Waals surface area (Å²) in [5.41, 5.74) is 2.41. The van der Waals surface area contributed by atoms with E-state index >= 15 is 0 Å². The van der Waals surface area contributed by atoms with Gasteiger partial charge >= 0.3 is 0 Å². The Morgan fingerprint density at radius 1 is 1.14 bits per heavy atom. The largest absolute Gasteiger partial charge is 0.493 e.